The van der Waals surface area contributed by atoms with Crippen molar-refractivity contribution in [2.75, 3.05) is 13.2 Å². The fourth-order valence-corrected chi connectivity index (χ4v) is 2.86. The molecule has 1 saturated carbocycles. The highest BCUT2D eigenvalue weighted by atomic mass is 16.7. The summed E-state index contributed by atoms with van der Waals surface area (Å²) in [5, 5.41) is 5.52. The second kappa shape index (κ2) is 7.05. The average Bonchev–Trinajstić information content (AvgIpc) is 2.87. The van der Waals surface area contributed by atoms with Crippen molar-refractivity contribution in [3.8, 4) is 0 Å². The van der Waals surface area contributed by atoms with Crippen molar-refractivity contribution >= 4 is 12.0 Å². The summed E-state index contributed by atoms with van der Waals surface area (Å²) >= 11 is 0. The number of hydrogen-bond acceptors (Lipinski definition) is 5. The van der Waals surface area contributed by atoms with Gasteiger partial charge in [0.25, 0.3) is 0 Å². The molecule has 2 N–H and O–H groups in total. The van der Waals surface area contributed by atoms with Crippen molar-refractivity contribution in [2.45, 2.75) is 76.9 Å². The predicted octanol–water partition coefficient (Wildman–Crippen LogP) is 1.70. The molecule has 2 fully saturated rings. The van der Waals surface area contributed by atoms with Crippen molar-refractivity contribution in [1.29, 1.82) is 0 Å². The smallest absolute Gasteiger partial charge is 0.408 e. The van der Waals surface area contributed by atoms with Crippen molar-refractivity contribution in [1.82, 2.24) is 10.6 Å². The fourth-order valence-electron chi connectivity index (χ4n) is 2.86. The zero-order valence-electron chi connectivity index (χ0n) is 14.4. The van der Waals surface area contributed by atoms with E-state index in [1.165, 1.54) is 0 Å². The molecule has 0 bridgehead atoms. The molecule has 1 atom stereocenters. The van der Waals surface area contributed by atoms with Crippen molar-refractivity contribution in [3.63, 3.8) is 0 Å². The first-order valence-corrected chi connectivity index (χ1v) is 8.27. The standard InChI is InChI=1S/C16H28N2O5/c1-11(17-14(20)23-15(2,3)4)13(19)18-12-5-7-16(8-6-12)21-9-10-22-16/h11-12H,5-10H2,1-4H3,(H,17,20)(H,18,19)/t11-/m1/s1. The number of alkyl carbamates (subject to hydrolysis) is 1. The summed E-state index contributed by atoms with van der Waals surface area (Å²) in [6.07, 6.45) is 2.60. The van der Waals surface area contributed by atoms with E-state index in [9.17, 15) is 9.59 Å². The first kappa shape index (κ1) is 18.0. The number of rotatable bonds is 3. The van der Waals surface area contributed by atoms with Crippen LogP contribution in [0.4, 0.5) is 4.79 Å². The van der Waals surface area contributed by atoms with Gasteiger partial charge in [0.1, 0.15) is 11.6 Å². The second-order valence-corrected chi connectivity index (χ2v) is 7.26. The molecule has 7 heteroatoms. The molecule has 1 saturated heterocycles. The first-order valence-electron chi connectivity index (χ1n) is 8.27. The van der Waals surface area contributed by atoms with E-state index in [1.807, 2.05) is 0 Å². The molecule has 7 nitrogen and oxygen atoms in total. The van der Waals surface area contributed by atoms with Crippen LogP contribution in [0.1, 0.15) is 53.4 Å². The Morgan fingerprint density at radius 1 is 1.17 bits per heavy atom. The van der Waals surface area contributed by atoms with Crippen LogP contribution < -0.4 is 10.6 Å². The van der Waals surface area contributed by atoms with Crippen LogP contribution in [0.25, 0.3) is 0 Å². The van der Waals surface area contributed by atoms with E-state index in [-0.39, 0.29) is 11.9 Å². The molecule has 2 amide bonds. The predicted molar refractivity (Wildman–Crippen MR) is 83.9 cm³/mol. The minimum atomic E-state index is -0.639. The normalized spacial score (nSPS) is 22.6. The Morgan fingerprint density at radius 3 is 2.26 bits per heavy atom. The molecule has 0 unspecified atom stereocenters. The van der Waals surface area contributed by atoms with Crippen molar-refractivity contribution in [3.05, 3.63) is 0 Å². The number of carbonyl (C=O) groups is 2. The number of hydrogen-bond donors (Lipinski definition) is 2. The summed E-state index contributed by atoms with van der Waals surface area (Å²) in [5.41, 5.74) is -0.584. The number of amides is 2. The van der Waals surface area contributed by atoms with E-state index in [2.05, 4.69) is 10.6 Å². The highest BCUT2D eigenvalue weighted by Crippen LogP contribution is 2.35. The maximum Gasteiger partial charge on any atom is 0.408 e. The highest BCUT2D eigenvalue weighted by molar-refractivity contribution is 5.85. The van der Waals surface area contributed by atoms with E-state index in [4.69, 9.17) is 14.2 Å². The number of ether oxygens (including phenoxy) is 3. The van der Waals surface area contributed by atoms with Crippen LogP contribution in [0.5, 0.6) is 0 Å². The lowest BCUT2D eigenvalue weighted by atomic mass is 9.90. The molecular weight excluding hydrogens is 300 g/mol. The van der Waals surface area contributed by atoms with Gasteiger partial charge in [0.2, 0.25) is 5.91 Å². The van der Waals surface area contributed by atoms with E-state index in [0.717, 1.165) is 25.7 Å². The molecule has 2 aliphatic rings. The molecule has 1 heterocycles. The van der Waals surface area contributed by atoms with Crippen molar-refractivity contribution < 1.29 is 23.8 Å². The van der Waals surface area contributed by atoms with Crippen LogP contribution in [0, 0.1) is 0 Å². The van der Waals surface area contributed by atoms with Crippen LogP contribution in [-0.4, -0.2) is 48.7 Å². The Balaban J connectivity index is 1.73. The third-order valence-corrected chi connectivity index (χ3v) is 4.03. The van der Waals surface area contributed by atoms with Gasteiger partial charge in [-0.1, -0.05) is 0 Å². The maximum atomic E-state index is 12.2. The van der Waals surface area contributed by atoms with Crippen LogP contribution in [0.15, 0.2) is 0 Å². The van der Waals surface area contributed by atoms with Crippen LogP contribution in [0.2, 0.25) is 0 Å². The van der Waals surface area contributed by atoms with E-state index in [1.54, 1.807) is 27.7 Å². The van der Waals surface area contributed by atoms with Gasteiger partial charge in [0, 0.05) is 18.9 Å². The quantitative estimate of drug-likeness (QED) is 0.823. The minimum Gasteiger partial charge on any atom is -0.444 e. The zero-order valence-corrected chi connectivity index (χ0v) is 14.4. The second-order valence-electron chi connectivity index (χ2n) is 7.26. The third kappa shape index (κ3) is 5.35. The summed E-state index contributed by atoms with van der Waals surface area (Å²) in [4.78, 5) is 23.9. The molecule has 1 aliphatic carbocycles. The topological polar surface area (TPSA) is 85.9 Å². The Morgan fingerprint density at radius 2 is 1.74 bits per heavy atom. The van der Waals surface area contributed by atoms with Crippen molar-refractivity contribution in [2.24, 2.45) is 0 Å². The zero-order chi connectivity index (χ0) is 17.1. The Kier molecular flexibility index (Phi) is 5.52. The van der Waals surface area contributed by atoms with Gasteiger partial charge in [-0.25, -0.2) is 4.79 Å². The van der Waals surface area contributed by atoms with Gasteiger partial charge in [-0.05, 0) is 40.5 Å². The molecule has 0 radical (unpaired) electrons. The summed E-state index contributed by atoms with van der Waals surface area (Å²) in [6.45, 7) is 8.28. The molecule has 1 aliphatic heterocycles. The van der Waals surface area contributed by atoms with Gasteiger partial charge in [0.05, 0.1) is 13.2 Å². The van der Waals surface area contributed by atoms with Crippen LogP contribution in [0.3, 0.4) is 0 Å². The highest BCUT2D eigenvalue weighted by Gasteiger charge is 2.40. The Labute approximate surface area is 137 Å². The third-order valence-electron chi connectivity index (χ3n) is 4.03. The van der Waals surface area contributed by atoms with Gasteiger partial charge in [0.15, 0.2) is 5.79 Å². The van der Waals surface area contributed by atoms with Gasteiger partial charge >= 0.3 is 6.09 Å². The lowest BCUT2D eigenvalue weighted by Gasteiger charge is -2.35. The molecule has 0 aromatic carbocycles. The van der Waals surface area contributed by atoms with Crippen LogP contribution >= 0.6 is 0 Å². The summed E-state index contributed by atoms with van der Waals surface area (Å²) in [5.74, 6) is -0.633. The summed E-state index contributed by atoms with van der Waals surface area (Å²) in [7, 11) is 0. The minimum absolute atomic E-state index is 0.0869. The largest absolute Gasteiger partial charge is 0.444 e. The molecule has 23 heavy (non-hydrogen) atoms. The molecule has 1 spiro atoms. The fraction of sp³-hybridized carbons (Fsp3) is 0.875. The van der Waals surface area contributed by atoms with Gasteiger partial charge in [-0.3, -0.25) is 4.79 Å². The molecule has 2 rings (SSSR count). The van der Waals surface area contributed by atoms with Gasteiger partial charge in [-0.2, -0.15) is 0 Å². The average molecular weight is 328 g/mol. The Bertz CT molecular complexity index is 430. The van der Waals surface area contributed by atoms with E-state index < -0.39 is 23.5 Å². The molecule has 0 aromatic heterocycles. The van der Waals surface area contributed by atoms with Gasteiger partial charge < -0.3 is 24.8 Å². The monoisotopic (exact) mass is 328 g/mol. The van der Waals surface area contributed by atoms with Crippen LogP contribution in [-0.2, 0) is 19.0 Å². The summed E-state index contributed by atoms with van der Waals surface area (Å²) < 4.78 is 16.5. The van der Waals surface area contributed by atoms with Gasteiger partial charge in [-0.15, -0.1) is 0 Å². The number of nitrogens with one attached hydrogen (secondary N) is 2. The van der Waals surface area contributed by atoms with E-state index in [0.29, 0.717) is 13.2 Å². The number of carbonyl (C=O) groups excluding carboxylic acids is 2. The lowest BCUT2D eigenvalue weighted by molar-refractivity contribution is -0.180. The summed E-state index contributed by atoms with van der Waals surface area (Å²) in [6, 6.07) is -0.552. The Hall–Kier alpha value is -1.34. The van der Waals surface area contributed by atoms with E-state index >= 15 is 0 Å². The SMILES string of the molecule is C[C@@H](NC(=O)OC(C)(C)C)C(=O)NC1CCC2(CC1)OCCO2. The first-order chi connectivity index (χ1) is 10.7. The lowest BCUT2D eigenvalue weighted by Crippen LogP contribution is -2.51. The molecule has 0 aromatic rings. The molecular formula is C16H28N2O5. The molecule has 132 valence electrons. The maximum absolute atomic E-state index is 12.2.